The lowest BCUT2D eigenvalue weighted by Crippen LogP contribution is -2.53. The third-order valence-corrected chi connectivity index (χ3v) is 3.30. The second-order valence-electron chi connectivity index (χ2n) is 4.45. The number of halogens is 2. The zero-order valence-electron chi connectivity index (χ0n) is 11.4. The first kappa shape index (κ1) is 17.5. The predicted molar refractivity (Wildman–Crippen MR) is 78.3 cm³/mol. The third-order valence-electron chi connectivity index (χ3n) is 2.74. The van der Waals surface area contributed by atoms with Crippen LogP contribution in [0.3, 0.4) is 0 Å². The molecule has 0 radical (unpaired) electrons. The van der Waals surface area contributed by atoms with Crippen molar-refractivity contribution in [3.8, 4) is 5.75 Å². The lowest BCUT2D eigenvalue weighted by molar-refractivity contribution is -0.384. The highest BCUT2D eigenvalue weighted by atomic mass is 35.5. The largest absolute Gasteiger partial charge is 0.488 e. The molecular weight excluding hydrogens is 323 g/mol. The van der Waals surface area contributed by atoms with Crippen molar-refractivity contribution < 1.29 is 19.6 Å². The number of ether oxygens (including phenoxy) is 1. The average molecular weight is 337 g/mol. The molecule has 0 saturated heterocycles. The molecule has 1 atom stereocenters. The van der Waals surface area contributed by atoms with Gasteiger partial charge in [-0.2, -0.15) is 0 Å². The van der Waals surface area contributed by atoms with E-state index >= 15 is 0 Å². The third kappa shape index (κ3) is 4.20. The molecule has 0 heterocycles. The van der Waals surface area contributed by atoms with Crippen LogP contribution in [0.4, 0.5) is 5.69 Å². The van der Waals surface area contributed by atoms with Crippen LogP contribution in [0.2, 0.25) is 10.0 Å². The van der Waals surface area contributed by atoms with E-state index in [-0.39, 0.29) is 28.1 Å². The number of nitro groups is 1. The van der Waals surface area contributed by atoms with E-state index in [9.17, 15) is 20.0 Å². The van der Waals surface area contributed by atoms with Gasteiger partial charge in [-0.25, -0.2) is 0 Å². The molecular formula is C12H14Cl2N2O5. The zero-order chi connectivity index (χ0) is 16.2. The number of carboxylic acid groups (broad SMARTS) is 1. The topological polar surface area (TPSA) is 102 Å². The van der Waals surface area contributed by atoms with Gasteiger partial charge in [0.1, 0.15) is 12.1 Å². The van der Waals surface area contributed by atoms with Crippen LogP contribution < -0.4 is 10.1 Å². The van der Waals surface area contributed by atoms with E-state index in [1.165, 1.54) is 6.92 Å². The molecule has 1 aromatic carbocycles. The fraction of sp³-hybridized carbons (Fsp3) is 0.417. The summed E-state index contributed by atoms with van der Waals surface area (Å²) in [6, 6.07) is 2.18. The number of aliphatic carboxylic acids is 1. The van der Waals surface area contributed by atoms with E-state index in [4.69, 9.17) is 27.9 Å². The normalized spacial score (nSPS) is 13.5. The van der Waals surface area contributed by atoms with Gasteiger partial charge in [-0.1, -0.05) is 30.1 Å². The van der Waals surface area contributed by atoms with Gasteiger partial charge in [0.25, 0.3) is 5.69 Å². The van der Waals surface area contributed by atoms with E-state index < -0.39 is 16.4 Å². The van der Waals surface area contributed by atoms with Crippen LogP contribution in [-0.2, 0) is 4.79 Å². The van der Waals surface area contributed by atoms with Crippen molar-refractivity contribution >= 4 is 34.9 Å². The lowest BCUT2D eigenvalue weighted by Gasteiger charge is -2.26. The Hall–Kier alpha value is -1.57. The Morgan fingerprint density at radius 1 is 1.48 bits per heavy atom. The molecule has 0 amide bonds. The van der Waals surface area contributed by atoms with Crippen molar-refractivity contribution in [3.63, 3.8) is 0 Å². The summed E-state index contributed by atoms with van der Waals surface area (Å²) in [7, 11) is 0. The second kappa shape index (κ2) is 6.93. The van der Waals surface area contributed by atoms with Crippen molar-refractivity contribution in [1.29, 1.82) is 0 Å². The summed E-state index contributed by atoms with van der Waals surface area (Å²) in [4.78, 5) is 21.3. The van der Waals surface area contributed by atoms with Gasteiger partial charge >= 0.3 is 5.97 Å². The minimum Gasteiger partial charge on any atom is -0.488 e. The standard InChI is InChI=1S/C12H14Cl2N2O5/c1-3-15-12(2,11(17)18)6-21-10-8(13)4-7(16(19)20)5-9(10)14/h4-5,15H,3,6H2,1-2H3,(H,17,18). The van der Waals surface area contributed by atoms with E-state index in [0.29, 0.717) is 6.54 Å². The average Bonchev–Trinajstić information content (AvgIpc) is 2.37. The molecule has 0 aromatic heterocycles. The number of carbonyl (C=O) groups is 1. The summed E-state index contributed by atoms with van der Waals surface area (Å²) in [5.41, 5.74) is -1.60. The Balaban J connectivity index is 2.98. The van der Waals surface area contributed by atoms with Gasteiger partial charge in [0.2, 0.25) is 0 Å². The molecule has 1 rings (SSSR count). The van der Waals surface area contributed by atoms with Crippen molar-refractivity contribution in [2.45, 2.75) is 19.4 Å². The molecule has 9 heteroatoms. The number of rotatable bonds is 7. The monoisotopic (exact) mass is 336 g/mol. The minimum absolute atomic E-state index is 0.00862. The number of nitro benzene ring substituents is 1. The molecule has 0 aliphatic heterocycles. The van der Waals surface area contributed by atoms with Crippen LogP contribution in [-0.4, -0.2) is 34.7 Å². The van der Waals surface area contributed by atoms with Crippen LogP contribution in [0.25, 0.3) is 0 Å². The van der Waals surface area contributed by atoms with E-state index in [1.807, 2.05) is 0 Å². The van der Waals surface area contributed by atoms with Gasteiger partial charge in [-0.15, -0.1) is 0 Å². The van der Waals surface area contributed by atoms with Crippen molar-refractivity contribution in [2.75, 3.05) is 13.2 Å². The number of likely N-dealkylation sites (N-methyl/N-ethyl adjacent to an activating group) is 1. The SMILES string of the molecule is CCNC(C)(COc1c(Cl)cc([N+](=O)[O-])cc1Cl)C(=O)O. The molecule has 0 bridgehead atoms. The quantitative estimate of drug-likeness (QED) is 0.586. The van der Waals surface area contributed by atoms with Crippen molar-refractivity contribution in [1.82, 2.24) is 5.32 Å². The molecule has 7 nitrogen and oxygen atoms in total. The highest BCUT2D eigenvalue weighted by molar-refractivity contribution is 6.37. The van der Waals surface area contributed by atoms with E-state index in [2.05, 4.69) is 5.32 Å². The smallest absolute Gasteiger partial charge is 0.327 e. The molecule has 1 aromatic rings. The van der Waals surface area contributed by atoms with Crippen LogP contribution >= 0.6 is 23.2 Å². The van der Waals surface area contributed by atoms with Gasteiger partial charge in [0.05, 0.1) is 15.0 Å². The Morgan fingerprint density at radius 3 is 2.38 bits per heavy atom. The summed E-state index contributed by atoms with van der Waals surface area (Å²) in [5, 5.41) is 22.5. The number of benzene rings is 1. The lowest BCUT2D eigenvalue weighted by atomic mass is 10.0. The fourth-order valence-corrected chi connectivity index (χ4v) is 2.17. The summed E-state index contributed by atoms with van der Waals surface area (Å²) < 4.78 is 5.35. The van der Waals surface area contributed by atoms with Gasteiger partial charge in [-0.3, -0.25) is 20.2 Å². The fourth-order valence-electron chi connectivity index (χ4n) is 1.58. The Labute approximate surface area is 130 Å². The maximum Gasteiger partial charge on any atom is 0.327 e. The second-order valence-corrected chi connectivity index (χ2v) is 5.27. The van der Waals surface area contributed by atoms with Gasteiger partial charge in [-0.05, 0) is 13.5 Å². The minimum atomic E-state index is -1.33. The van der Waals surface area contributed by atoms with Crippen LogP contribution in [0.5, 0.6) is 5.75 Å². The first-order valence-electron chi connectivity index (χ1n) is 5.96. The highest BCUT2D eigenvalue weighted by Gasteiger charge is 2.33. The number of nitrogens with one attached hydrogen (secondary N) is 1. The molecule has 0 saturated carbocycles. The molecule has 0 aliphatic rings. The number of hydrogen-bond donors (Lipinski definition) is 2. The van der Waals surface area contributed by atoms with Crippen LogP contribution in [0.15, 0.2) is 12.1 Å². The number of nitrogens with zero attached hydrogens (tertiary/aromatic N) is 1. The number of non-ortho nitro benzene ring substituents is 1. The van der Waals surface area contributed by atoms with Crippen molar-refractivity contribution in [2.24, 2.45) is 0 Å². The summed E-state index contributed by atoms with van der Waals surface area (Å²) in [6.45, 7) is 3.39. The molecule has 0 aliphatic carbocycles. The number of carboxylic acids is 1. The van der Waals surface area contributed by atoms with Gasteiger partial charge in [0, 0.05) is 12.1 Å². The molecule has 0 spiro atoms. The highest BCUT2D eigenvalue weighted by Crippen LogP contribution is 2.37. The molecule has 2 N–H and O–H groups in total. The number of hydrogen-bond acceptors (Lipinski definition) is 5. The maximum atomic E-state index is 11.2. The van der Waals surface area contributed by atoms with Gasteiger partial charge < -0.3 is 9.84 Å². The Kier molecular flexibility index (Phi) is 5.77. The van der Waals surface area contributed by atoms with Gasteiger partial charge in [0.15, 0.2) is 5.75 Å². The van der Waals surface area contributed by atoms with Crippen LogP contribution in [0, 0.1) is 10.1 Å². The van der Waals surface area contributed by atoms with E-state index in [0.717, 1.165) is 12.1 Å². The summed E-state index contributed by atoms with van der Waals surface area (Å²) in [5.74, 6) is -1.09. The summed E-state index contributed by atoms with van der Waals surface area (Å²) >= 11 is 11.8. The molecule has 21 heavy (non-hydrogen) atoms. The Bertz CT molecular complexity index is 544. The maximum absolute atomic E-state index is 11.2. The first-order chi connectivity index (χ1) is 9.71. The summed E-state index contributed by atoms with van der Waals surface area (Å²) in [6.07, 6.45) is 0. The molecule has 1 unspecified atom stereocenters. The molecule has 116 valence electrons. The Morgan fingerprint density at radius 2 is 2.00 bits per heavy atom. The van der Waals surface area contributed by atoms with Crippen LogP contribution in [0.1, 0.15) is 13.8 Å². The zero-order valence-corrected chi connectivity index (χ0v) is 12.9. The molecule has 0 fully saturated rings. The van der Waals surface area contributed by atoms with Crippen molar-refractivity contribution in [3.05, 3.63) is 32.3 Å². The first-order valence-corrected chi connectivity index (χ1v) is 6.71. The van der Waals surface area contributed by atoms with E-state index in [1.54, 1.807) is 6.92 Å². The predicted octanol–water partition coefficient (Wildman–Crippen LogP) is 2.73.